The van der Waals surface area contributed by atoms with Crippen LogP contribution in [0.1, 0.15) is 37.6 Å². The van der Waals surface area contributed by atoms with Crippen LogP contribution in [0.25, 0.3) is 0 Å². The minimum Gasteiger partial charge on any atom is -0.493 e. The van der Waals surface area contributed by atoms with E-state index in [4.69, 9.17) is 15.2 Å². The maximum atomic E-state index is 12.5. The van der Waals surface area contributed by atoms with Gasteiger partial charge in [-0.25, -0.2) is 0 Å². The number of amides is 2. The fourth-order valence-corrected chi connectivity index (χ4v) is 2.43. The Hall–Kier alpha value is -2.28. The number of rotatable bonds is 8. The summed E-state index contributed by atoms with van der Waals surface area (Å²) in [6.07, 6.45) is 0.786. The van der Waals surface area contributed by atoms with E-state index in [0.29, 0.717) is 35.2 Å². The third-order valence-electron chi connectivity index (χ3n) is 3.43. The molecule has 7 nitrogen and oxygen atoms in total. The molecule has 0 saturated carbocycles. The number of anilines is 1. The number of benzene rings is 1. The highest BCUT2D eigenvalue weighted by atomic mass is 16.5. The van der Waals surface area contributed by atoms with E-state index >= 15 is 0 Å². The summed E-state index contributed by atoms with van der Waals surface area (Å²) in [6, 6.07) is 3.01. The number of nitrogens with one attached hydrogen (secondary N) is 2. The predicted octanol–water partition coefficient (Wildman–Crippen LogP) is 1.77. The second-order valence-electron chi connectivity index (χ2n) is 5.98. The van der Waals surface area contributed by atoms with Crippen molar-refractivity contribution in [3.05, 3.63) is 17.7 Å². The fraction of sp³-hybridized carbons (Fsp3) is 0.529. The van der Waals surface area contributed by atoms with Gasteiger partial charge in [0.25, 0.3) is 5.91 Å². The number of hydrogen-bond donors (Lipinski definition) is 3. The SMILES string of the molecule is COc1cc(C(=O)NC(CN)CC(C)C)cc(NC(C)=O)c1OC. The van der Waals surface area contributed by atoms with Gasteiger partial charge in [0.15, 0.2) is 11.5 Å². The van der Waals surface area contributed by atoms with Crippen LogP contribution in [-0.4, -0.2) is 38.6 Å². The molecule has 0 aliphatic carbocycles. The molecule has 0 aliphatic heterocycles. The van der Waals surface area contributed by atoms with Crippen molar-refractivity contribution in [2.75, 3.05) is 26.1 Å². The third-order valence-corrected chi connectivity index (χ3v) is 3.43. The number of carbonyl (C=O) groups is 2. The molecule has 0 heterocycles. The first-order valence-corrected chi connectivity index (χ1v) is 7.86. The third kappa shape index (κ3) is 5.42. The molecule has 1 atom stereocenters. The Kier molecular flexibility index (Phi) is 7.51. The van der Waals surface area contributed by atoms with Crippen molar-refractivity contribution in [3.8, 4) is 11.5 Å². The van der Waals surface area contributed by atoms with E-state index in [1.54, 1.807) is 12.1 Å². The summed E-state index contributed by atoms with van der Waals surface area (Å²) >= 11 is 0. The van der Waals surface area contributed by atoms with Crippen molar-refractivity contribution >= 4 is 17.5 Å². The van der Waals surface area contributed by atoms with Gasteiger partial charge in [-0.15, -0.1) is 0 Å². The number of ether oxygens (including phenoxy) is 2. The first-order chi connectivity index (χ1) is 11.3. The number of hydrogen-bond acceptors (Lipinski definition) is 5. The maximum absolute atomic E-state index is 12.5. The van der Waals surface area contributed by atoms with Gasteiger partial charge < -0.3 is 25.8 Å². The van der Waals surface area contributed by atoms with E-state index in [1.807, 2.05) is 0 Å². The standard InChI is InChI=1S/C17H27N3O4/c1-10(2)6-13(9-18)20-17(22)12-7-14(19-11(3)21)16(24-5)15(8-12)23-4/h7-8,10,13H,6,9,18H2,1-5H3,(H,19,21)(H,20,22). The van der Waals surface area contributed by atoms with Gasteiger partial charge in [0.1, 0.15) is 0 Å². The first kappa shape index (κ1) is 19.8. The Morgan fingerprint density at radius 2 is 1.88 bits per heavy atom. The van der Waals surface area contributed by atoms with Crippen LogP contribution in [0, 0.1) is 5.92 Å². The van der Waals surface area contributed by atoms with Gasteiger partial charge in [0, 0.05) is 25.1 Å². The van der Waals surface area contributed by atoms with Gasteiger partial charge in [0.2, 0.25) is 5.91 Å². The second kappa shape index (κ2) is 9.12. The molecule has 0 bridgehead atoms. The molecular weight excluding hydrogens is 310 g/mol. The Labute approximate surface area is 142 Å². The largest absolute Gasteiger partial charge is 0.493 e. The van der Waals surface area contributed by atoms with Crippen LogP contribution < -0.4 is 25.8 Å². The zero-order valence-electron chi connectivity index (χ0n) is 14.9. The van der Waals surface area contributed by atoms with Crippen LogP contribution in [0.15, 0.2) is 12.1 Å². The average Bonchev–Trinajstić information content (AvgIpc) is 2.52. The van der Waals surface area contributed by atoms with Crippen molar-refractivity contribution in [2.45, 2.75) is 33.2 Å². The fourth-order valence-electron chi connectivity index (χ4n) is 2.43. The van der Waals surface area contributed by atoms with Crippen LogP contribution in [0.2, 0.25) is 0 Å². The highest BCUT2D eigenvalue weighted by Gasteiger charge is 2.19. The lowest BCUT2D eigenvalue weighted by molar-refractivity contribution is -0.114. The molecule has 134 valence electrons. The average molecular weight is 337 g/mol. The Morgan fingerprint density at radius 1 is 1.21 bits per heavy atom. The van der Waals surface area contributed by atoms with E-state index in [1.165, 1.54) is 21.1 Å². The van der Waals surface area contributed by atoms with E-state index < -0.39 is 0 Å². The Balaban J connectivity index is 3.13. The van der Waals surface area contributed by atoms with Crippen molar-refractivity contribution in [2.24, 2.45) is 11.7 Å². The summed E-state index contributed by atoms with van der Waals surface area (Å²) in [4.78, 5) is 23.9. The summed E-state index contributed by atoms with van der Waals surface area (Å²) in [6.45, 7) is 5.88. The van der Waals surface area contributed by atoms with Crippen molar-refractivity contribution < 1.29 is 19.1 Å². The van der Waals surface area contributed by atoms with Gasteiger partial charge in [0.05, 0.1) is 19.9 Å². The smallest absolute Gasteiger partial charge is 0.251 e. The summed E-state index contributed by atoms with van der Waals surface area (Å²) in [5.41, 5.74) is 6.47. The molecule has 24 heavy (non-hydrogen) atoms. The Bertz CT molecular complexity index is 587. The molecule has 0 fully saturated rings. The van der Waals surface area contributed by atoms with E-state index in [0.717, 1.165) is 6.42 Å². The number of methoxy groups -OCH3 is 2. The van der Waals surface area contributed by atoms with E-state index in [-0.39, 0.29) is 17.9 Å². The molecule has 2 amide bonds. The molecule has 0 saturated heterocycles. The summed E-state index contributed by atoms with van der Waals surface area (Å²) in [7, 11) is 2.94. The summed E-state index contributed by atoms with van der Waals surface area (Å²) < 4.78 is 10.5. The topological polar surface area (TPSA) is 103 Å². The zero-order chi connectivity index (χ0) is 18.3. The molecular formula is C17H27N3O4. The van der Waals surface area contributed by atoms with Gasteiger partial charge in [-0.2, -0.15) is 0 Å². The van der Waals surface area contributed by atoms with Crippen molar-refractivity contribution in [1.29, 1.82) is 0 Å². The molecule has 1 aromatic carbocycles. The molecule has 1 unspecified atom stereocenters. The quantitative estimate of drug-likeness (QED) is 0.671. The number of carbonyl (C=O) groups excluding carboxylic acids is 2. The molecule has 7 heteroatoms. The van der Waals surface area contributed by atoms with Crippen molar-refractivity contribution in [3.63, 3.8) is 0 Å². The predicted molar refractivity (Wildman–Crippen MR) is 93.6 cm³/mol. The zero-order valence-corrected chi connectivity index (χ0v) is 14.9. The molecule has 0 radical (unpaired) electrons. The maximum Gasteiger partial charge on any atom is 0.251 e. The lowest BCUT2D eigenvalue weighted by atomic mass is 10.0. The van der Waals surface area contributed by atoms with Crippen LogP contribution in [0.4, 0.5) is 5.69 Å². The van der Waals surface area contributed by atoms with Gasteiger partial charge in [-0.3, -0.25) is 9.59 Å². The number of nitrogens with two attached hydrogens (primary N) is 1. The van der Waals surface area contributed by atoms with Crippen LogP contribution in [-0.2, 0) is 4.79 Å². The lowest BCUT2D eigenvalue weighted by Crippen LogP contribution is -2.41. The summed E-state index contributed by atoms with van der Waals surface area (Å²) in [5.74, 6) is 0.592. The molecule has 0 spiro atoms. The van der Waals surface area contributed by atoms with E-state index in [2.05, 4.69) is 24.5 Å². The minimum atomic E-state index is -0.279. The van der Waals surface area contributed by atoms with Gasteiger partial charge >= 0.3 is 0 Å². The van der Waals surface area contributed by atoms with Crippen molar-refractivity contribution in [1.82, 2.24) is 5.32 Å². The normalized spacial score (nSPS) is 11.8. The lowest BCUT2D eigenvalue weighted by Gasteiger charge is -2.20. The second-order valence-corrected chi connectivity index (χ2v) is 5.98. The molecule has 4 N–H and O–H groups in total. The first-order valence-electron chi connectivity index (χ1n) is 7.86. The monoisotopic (exact) mass is 337 g/mol. The van der Waals surface area contributed by atoms with Crippen LogP contribution in [0.3, 0.4) is 0 Å². The molecule has 0 aromatic heterocycles. The van der Waals surface area contributed by atoms with Gasteiger partial charge in [-0.1, -0.05) is 13.8 Å². The minimum absolute atomic E-state index is 0.116. The molecule has 1 aromatic rings. The van der Waals surface area contributed by atoms with Crippen LogP contribution in [0.5, 0.6) is 11.5 Å². The highest BCUT2D eigenvalue weighted by molar-refractivity contribution is 5.99. The molecule has 1 rings (SSSR count). The Morgan fingerprint density at radius 3 is 2.33 bits per heavy atom. The highest BCUT2D eigenvalue weighted by Crippen LogP contribution is 2.36. The summed E-state index contributed by atoms with van der Waals surface area (Å²) in [5, 5.41) is 5.56. The van der Waals surface area contributed by atoms with Crippen LogP contribution >= 0.6 is 0 Å². The molecule has 0 aliphatic rings. The van der Waals surface area contributed by atoms with Gasteiger partial charge in [-0.05, 0) is 24.5 Å². The van der Waals surface area contributed by atoms with E-state index in [9.17, 15) is 9.59 Å².